The summed E-state index contributed by atoms with van der Waals surface area (Å²) in [4.78, 5) is 11.7. The summed E-state index contributed by atoms with van der Waals surface area (Å²) in [5.41, 5.74) is 0.875. The van der Waals surface area contributed by atoms with E-state index in [9.17, 15) is 13.2 Å². The van der Waals surface area contributed by atoms with Crippen LogP contribution < -0.4 is 14.8 Å². The Balaban J connectivity index is 1.92. The number of hydrogen-bond acceptors (Lipinski definition) is 5. The molecule has 1 amide bonds. The number of ether oxygens (including phenoxy) is 2. The van der Waals surface area contributed by atoms with Crippen LogP contribution in [0.15, 0.2) is 59.5 Å². The lowest BCUT2D eigenvalue weighted by Gasteiger charge is -2.15. The minimum Gasteiger partial charge on any atom is -0.484 e. The summed E-state index contributed by atoms with van der Waals surface area (Å²) in [7, 11) is -2.12. The van der Waals surface area contributed by atoms with Crippen LogP contribution in [0, 0.1) is 0 Å². The third-order valence-electron chi connectivity index (χ3n) is 3.76. The summed E-state index contributed by atoms with van der Waals surface area (Å²) in [6.07, 6.45) is 0. The highest BCUT2D eigenvalue weighted by molar-refractivity contribution is 7.89. The first-order valence-corrected chi connectivity index (χ1v) is 9.96. The molecule has 0 radical (unpaired) electrons. The van der Waals surface area contributed by atoms with E-state index in [1.807, 2.05) is 30.3 Å². The van der Waals surface area contributed by atoms with E-state index in [1.54, 1.807) is 14.0 Å². The largest absolute Gasteiger partial charge is 0.484 e. The summed E-state index contributed by atoms with van der Waals surface area (Å²) in [6, 6.07) is 14.9. The van der Waals surface area contributed by atoms with Crippen LogP contribution in [-0.2, 0) is 19.6 Å². The Hall–Kier alpha value is -2.42. The molecule has 27 heavy (non-hydrogen) atoms. The zero-order valence-corrected chi connectivity index (χ0v) is 16.2. The molecule has 0 aliphatic rings. The topological polar surface area (TPSA) is 93.7 Å². The lowest BCUT2D eigenvalue weighted by molar-refractivity contribution is -0.123. The molecule has 2 N–H and O–H groups in total. The van der Waals surface area contributed by atoms with Crippen molar-refractivity contribution in [2.24, 2.45) is 0 Å². The van der Waals surface area contributed by atoms with Gasteiger partial charge in [-0.3, -0.25) is 4.79 Å². The van der Waals surface area contributed by atoms with Crippen LogP contribution in [0.2, 0.25) is 0 Å². The fourth-order valence-corrected chi connectivity index (χ4v) is 3.55. The zero-order chi connectivity index (χ0) is 19.7. The average Bonchev–Trinajstić information content (AvgIpc) is 2.67. The molecule has 0 saturated carbocycles. The first kappa shape index (κ1) is 20.9. The van der Waals surface area contributed by atoms with Gasteiger partial charge < -0.3 is 14.8 Å². The third-order valence-corrected chi connectivity index (χ3v) is 5.32. The fraction of sp³-hybridized carbons (Fsp3) is 0.316. The molecule has 0 aromatic heterocycles. The van der Waals surface area contributed by atoms with Crippen LogP contribution in [-0.4, -0.2) is 41.2 Å². The fourth-order valence-electron chi connectivity index (χ4n) is 2.32. The summed E-state index contributed by atoms with van der Waals surface area (Å²) in [5.74, 6) is 0.133. The second kappa shape index (κ2) is 10.1. The van der Waals surface area contributed by atoms with Gasteiger partial charge >= 0.3 is 0 Å². The van der Waals surface area contributed by atoms with Gasteiger partial charge in [0, 0.05) is 19.7 Å². The van der Waals surface area contributed by atoms with E-state index >= 15 is 0 Å². The number of carbonyl (C=O) groups excluding carboxylic acids is 1. The summed E-state index contributed by atoms with van der Waals surface area (Å²) in [5, 5.41) is 2.63. The Morgan fingerprint density at radius 3 is 2.37 bits per heavy atom. The minimum atomic E-state index is -3.67. The van der Waals surface area contributed by atoms with Gasteiger partial charge in [-0.05, 0) is 36.8 Å². The molecule has 1 atom stereocenters. The van der Waals surface area contributed by atoms with Crippen LogP contribution in [0.3, 0.4) is 0 Å². The quantitative estimate of drug-likeness (QED) is 0.602. The van der Waals surface area contributed by atoms with Gasteiger partial charge in [0.15, 0.2) is 6.61 Å². The lowest BCUT2D eigenvalue weighted by Crippen LogP contribution is -2.31. The molecule has 0 aliphatic heterocycles. The van der Waals surface area contributed by atoms with Crippen molar-refractivity contribution in [3.05, 3.63) is 60.2 Å². The number of rotatable bonds is 10. The average molecular weight is 392 g/mol. The van der Waals surface area contributed by atoms with Gasteiger partial charge in [-0.1, -0.05) is 30.3 Å². The van der Waals surface area contributed by atoms with Crippen molar-refractivity contribution in [2.45, 2.75) is 17.9 Å². The van der Waals surface area contributed by atoms with Gasteiger partial charge in [-0.15, -0.1) is 0 Å². The van der Waals surface area contributed by atoms with Gasteiger partial charge in [-0.2, -0.15) is 0 Å². The van der Waals surface area contributed by atoms with E-state index in [0.717, 1.165) is 5.56 Å². The highest BCUT2D eigenvalue weighted by Gasteiger charge is 2.18. The van der Waals surface area contributed by atoms with E-state index in [-0.39, 0.29) is 23.5 Å². The minimum absolute atomic E-state index is 0.127. The van der Waals surface area contributed by atoms with Gasteiger partial charge in [0.1, 0.15) is 5.75 Å². The molecular weight excluding hydrogens is 368 g/mol. The van der Waals surface area contributed by atoms with Gasteiger partial charge in [0.25, 0.3) is 5.91 Å². The van der Waals surface area contributed by atoms with E-state index in [2.05, 4.69) is 10.0 Å². The van der Waals surface area contributed by atoms with Crippen molar-refractivity contribution in [2.75, 3.05) is 26.9 Å². The standard InChI is InChI=1S/C19H24N2O5S/c1-15(16-6-4-3-5-7-16)21-27(23,24)18-10-8-17(9-11-18)26-14-19(22)20-12-13-25-2/h3-11,15,21H,12-14H2,1-2H3,(H,20,22). The number of sulfonamides is 1. The Bertz CT molecular complexity index is 823. The molecule has 0 spiro atoms. The Morgan fingerprint density at radius 2 is 1.74 bits per heavy atom. The first-order valence-electron chi connectivity index (χ1n) is 8.48. The SMILES string of the molecule is COCCNC(=O)COc1ccc(S(=O)(=O)NC(C)c2ccccc2)cc1. The maximum absolute atomic E-state index is 12.5. The van der Waals surface area contributed by atoms with Gasteiger partial charge in [0.05, 0.1) is 11.5 Å². The smallest absolute Gasteiger partial charge is 0.258 e. The van der Waals surface area contributed by atoms with Crippen molar-refractivity contribution in [3.8, 4) is 5.75 Å². The van der Waals surface area contributed by atoms with Crippen LogP contribution in [0.5, 0.6) is 5.75 Å². The van der Waals surface area contributed by atoms with Crippen LogP contribution in [0.4, 0.5) is 0 Å². The predicted octanol–water partition coefficient (Wildman–Crippen LogP) is 1.87. The molecule has 146 valence electrons. The molecule has 8 heteroatoms. The number of carbonyl (C=O) groups is 1. The molecule has 0 aliphatic carbocycles. The Morgan fingerprint density at radius 1 is 1.07 bits per heavy atom. The highest BCUT2D eigenvalue weighted by atomic mass is 32.2. The normalized spacial score (nSPS) is 12.4. The van der Waals surface area contributed by atoms with E-state index < -0.39 is 10.0 Å². The van der Waals surface area contributed by atoms with Gasteiger partial charge in [-0.25, -0.2) is 13.1 Å². The van der Waals surface area contributed by atoms with Crippen LogP contribution in [0.25, 0.3) is 0 Å². The summed E-state index contributed by atoms with van der Waals surface area (Å²) in [6.45, 7) is 2.46. The van der Waals surface area contributed by atoms with Crippen molar-refractivity contribution in [1.82, 2.24) is 10.0 Å². The molecule has 2 rings (SSSR count). The Kier molecular flexibility index (Phi) is 7.78. The molecule has 2 aromatic carbocycles. The lowest BCUT2D eigenvalue weighted by atomic mass is 10.1. The summed E-state index contributed by atoms with van der Waals surface area (Å²) < 4.78 is 37.9. The highest BCUT2D eigenvalue weighted by Crippen LogP contribution is 2.19. The van der Waals surface area contributed by atoms with Crippen molar-refractivity contribution >= 4 is 15.9 Å². The molecule has 0 heterocycles. The molecule has 0 saturated heterocycles. The van der Waals surface area contributed by atoms with E-state index in [4.69, 9.17) is 9.47 Å². The predicted molar refractivity (Wildman–Crippen MR) is 102 cm³/mol. The molecule has 7 nitrogen and oxygen atoms in total. The molecule has 0 bridgehead atoms. The maximum Gasteiger partial charge on any atom is 0.258 e. The summed E-state index contributed by atoms with van der Waals surface area (Å²) >= 11 is 0. The van der Waals surface area contributed by atoms with Crippen LogP contribution in [0.1, 0.15) is 18.5 Å². The second-order valence-electron chi connectivity index (χ2n) is 5.86. The second-order valence-corrected chi connectivity index (χ2v) is 7.57. The number of benzene rings is 2. The number of methoxy groups -OCH3 is 1. The van der Waals surface area contributed by atoms with Gasteiger partial charge in [0.2, 0.25) is 10.0 Å². The molecule has 1 unspecified atom stereocenters. The molecular formula is C19H24N2O5S. The molecule has 0 fully saturated rings. The zero-order valence-electron chi connectivity index (χ0n) is 15.3. The first-order chi connectivity index (χ1) is 12.9. The Labute approximate surface area is 159 Å². The van der Waals surface area contributed by atoms with E-state index in [1.165, 1.54) is 24.3 Å². The monoisotopic (exact) mass is 392 g/mol. The number of amides is 1. The van der Waals surface area contributed by atoms with Crippen molar-refractivity contribution in [1.29, 1.82) is 0 Å². The number of hydrogen-bond donors (Lipinski definition) is 2. The van der Waals surface area contributed by atoms with E-state index in [0.29, 0.717) is 18.9 Å². The third kappa shape index (κ3) is 6.67. The van der Waals surface area contributed by atoms with Crippen LogP contribution >= 0.6 is 0 Å². The maximum atomic E-state index is 12.5. The van der Waals surface area contributed by atoms with Crippen molar-refractivity contribution in [3.63, 3.8) is 0 Å². The number of nitrogens with one attached hydrogen (secondary N) is 2. The molecule has 2 aromatic rings. The van der Waals surface area contributed by atoms with Crippen molar-refractivity contribution < 1.29 is 22.7 Å².